The fraction of sp³-hybridized carbons (Fsp3) is 0.444. The number of rotatable bonds is 4. The fourth-order valence-electron chi connectivity index (χ4n) is 3.16. The number of aromatic nitrogens is 2. The Balaban J connectivity index is 2.06. The number of hydrogen-bond acceptors (Lipinski definition) is 4. The minimum absolute atomic E-state index is 0.174. The minimum Gasteiger partial charge on any atom is -0.481 e. The highest BCUT2D eigenvalue weighted by Crippen LogP contribution is 2.21. The summed E-state index contributed by atoms with van der Waals surface area (Å²) in [5.74, 6) is -1.55. The molecular formula is C18H21N3O4. The second kappa shape index (κ2) is 6.66. The number of fused-ring (bicyclic) bond motifs is 1. The molecule has 1 aromatic carbocycles. The van der Waals surface area contributed by atoms with Crippen LogP contribution in [0.25, 0.3) is 10.8 Å². The van der Waals surface area contributed by atoms with Gasteiger partial charge < -0.3 is 10.0 Å². The number of carbonyl (C=O) groups excluding carboxylic acids is 1. The van der Waals surface area contributed by atoms with Crippen LogP contribution in [0.4, 0.5) is 0 Å². The molecular weight excluding hydrogens is 322 g/mol. The highest BCUT2D eigenvalue weighted by Gasteiger charge is 2.33. The van der Waals surface area contributed by atoms with Gasteiger partial charge in [0.25, 0.3) is 11.5 Å². The first kappa shape index (κ1) is 17.1. The van der Waals surface area contributed by atoms with Crippen LogP contribution in [0.5, 0.6) is 0 Å². The van der Waals surface area contributed by atoms with E-state index in [1.807, 2.05) is 13.8 Å². The van der Waals surface area contributed by atoms with Crippen LogP contribution in [-0.4, -0.2) is 44.8 Å². The van der Waals surface area contributed by atoms with E-state index in [9.17, 15) is 14.4 Å². The number of carboxylic acid groups (broad SMARTS) is 1. The molecule has 1 aliphatic heterocycles. The van der Waals surface area contributed by atoms with Crippen LogP contribution in [0.2, 0.25) is 0 Å². The molecule has 3 rings (SSSR count). The zero-order valence-corrected chi connectivity index (χ0v) is 14.3. The number of amides is 1. The molecule has 2 heterocycles. The first-order valence-electron chi connectivity index (χ1n) is 8.40. The molecule has 1 amide bonds. The van der Waals surface area contributed by atoms with Gasteiger partial charge in [-0.3, -0.25) is 14.4 Å². The maximum atomic E-state index is 12.9. The van der Waals surface area contributed by atoms with E-state index in [0.29, 0.717) is 30.3 Å². The summed E-state index contributed by atoms with van der Waals surface area (Å²) in [7, 11) is 0. The maximum absolute atomic E-state index is 12.9. The van der Waals surface area contributed by atoms with Crippen LogP contribution in [0.3, 0.4) is 0 Å². The minimum atomic E-state index is -0.891. The Morgan fingerprint density at radius 1 is 1.28 bits per heavy atom. The lowest BCUT2D eigenvalue weighted by Gasteiger charge is -2.18. The topological polar surface area (TPSA) is 92.5 Å². The highest BCUT2D eigenvalue weighted by atomic mass is 16.4. The molecule has 1 aromatic heterocycles. The van der Waals surface area contributed by atoms with Gasteiger partial charge in [-0.05, 0) is 18.4 Å². The Hall–Kier alpha value is -2.70. The number of nitrogens with zero attached hydrogens (tertiary/aromatic N) is 3. The predicted molar refractivity (Wildman–Crippen MR) is 92.5 cm³/mol. The largest absolute Gasteiger partial charge is 0.481 e. The van der Waals surface area contributed by atoms with Gasteiger partial charge in [-0.2, -0.15) is 5.10 Å². The second-order valence-electron chi connectivity index (χ2n) is 6.85. The van der Waals surface area contributed by atoms with Crippen molar-refractivity contribution >= 4 is 22.6 Å². The van der Waals surface area contributed by atoms with Crippen molar-refractivity contribution in [3.63, 3.8) is 0 Å². The number of benzene rings is 1. The van der Waals surface area contributed by atoms with Gasteiger partial charge in [-0.1, -0.05) is 32.0 Å². The Kier molecular flexibility index (Phi) is 4.57. The van der Waals surface area contributed by atoms with Crippen molar-refractivity contribution in [3.8, 4) is 0 Å². The molecule has 0 saturated carbocycles. The summed E-state index contributed by atoms with van der Waals surface area (Å²) in [4.78, 5) is 38.2. The van der Waals surface area contributed by atoms with Crippen molar-refractivity contribution < 1.29 is 14.7 Å². The summed E-state index contributed by atoms with van der Waals surface area (Å²) < 4.78 is 1.34. The maximum Gasteiger partial charge on any atom is 0.308 e. The Bertz CT molecular complexity index is 888. The lowest BCUT2D eigenvalue weighted by atomic mass is 10.1. The number of likely N-dealkylation sites (tertiary alicyclic amines) is 1. The first-order chi connectivity index (χ1) is 11.9. The van der Waals surface area contributed by atoms with Crippen molar-refractivity contribution in [2.45, 2.75) is 26.8 Å². The summed E-state index contributed by atoms with van der Waals surface area (Å²) in [6, 6.07) is 6.92. The molecule has 7 nitrogen and oxygen atoms in total. The van der Waals surface area contributed by atoms with Gasteiger partial charge in [0, 0.05) is 25.0 Å². The van der Waals surface area contributed by atoms with E-state index in [1.54, 1.807) is 24.3 Å². The summed E-state index contributed by atoms with van der Waals surface area (Å²) in [5.41, 5.74) is -0.00688. The first-order valence-corrected chi connectivity index (χ1v) is 8.40. The summed E-state index contributed by atoms with van der Waals surface area (Å²) in [6.45, 7) is 4.93. The van der Waals surface area contributed by atoms with E-state index in [2.05, 4.69) is 5.10 Å². The van der Waals surface area contributed by atoms with Crippen molar-refractivity contribution in [3.05, 3.63) is 40.3 Å². The third kappa shape index (κ3) is 3.26. The van der Waals surface area contributed by atoms with Gasteiger partial charge in [0.15, 0.2) is 5.69 Å². The van der Waals surface area contributed by atoms with E-state index < -0.39 is 11.9 Å². The molecule has 0 spiro atoms. The smallest absolute Gasteiger partial charge is 0.308 e. The molecule has 1 atom stereocenters. The van der Waals surface area contributed by atoms with Gasteiger partial charge in [0.05, 0.1) is 11.3 Å². The van der Waals surface area contributed by atoms with Crippen molar-refractivity contribution in [1.82, 2.24) is 14.7 Å². The van der Waals surface area contributed by atoms with E-state index in [4.69, 9.17) is 5.11 Å². The number of carbonyl (C=O) groups is 2. The van der Waals surface area contributed by atoms with Gasteiger partial charge in [-0.25, -0.2) is 4.68 Å². The molecule has 25 heavy (non-hydrogen) atoms. The standard InChI is InChI=1S/C18H21N3O4/c1-11(2)9-21-16(22)14-6-4-3-5-13(14)15(19-21)17(23)20-8-7-12(10-20)18(24)25/h3-6,11-12H,7-10H2,1-2H3,(H,24,25). The SMILES string of the molecule is CC(C)Cn1nc(C(=O)N2CCC(C(=O)O)C2)c2ccccc2c1=O. The molecule has 0 bridgehead atoms. The van der Waals surface area contributed by atoms with Gasteiger partial charge in [-0.15, -0.1) is 0 Å². The third-order valence-electron chi connectivity index (χ3n) is 4.43. The Labute approximate surface area is 144 Å². The predicted octanol–water partition coefficient (Wildman–Crippen LogP) is 1.60. The van der Waals surface area contributed by atoms with Crippen molar-refractivity contribution in [1.29, 1.82) is 0 Å². The number of aliphatic carboxylic acids is 1. The molecule has 2 aromatic rings. The van der Waals surface area contributed by atoms with Crippen LogP contribution in [0.15, 0.2) is 29.1 Å². The highest BCUT2D eigenvalue weighted by molar-refractivity contribution is 6.05. The third-order valence-corrected chi connectivity index (χ3v) is 4.43. The zero-order chi connectivity index (χ0) is 18.1. The zero-order valence-electron chi connectivity index (χ0n) is 14.3. The van der Waals surface area contributed by atoms with E-state index in [0.717, 1.165) is 0 Å². The molecule has 132 valence electrons. The molecule has 0 radical (unpaired) electrons. The van der Waals surface area contributed by atoms with E-state index in [-0.39, 0.29) is 29.6 Å². The molecule has 1 unspecified atom stereocenters. The lowest BCUT2D eigenvalue weighted by Crippen LogP contribution is -2.34. The van der Waals surface area contributed by atoms with Gasteiger partial charge >= 0.3 is 5.97 Å². The Morgan fingerprint density at radius 2 is 1.96 bits per heavy atom. The normalized spacial score (nSPS) is 17.4. The van der Waals surface area contributed by atoms with Crippen LogP contribution in [0, 0.1) is 11.8 Å². The van der Waals surface area contributed by atoms with E-state index in [1.165, 1.54) is 9.58 Å². The molecule has 1 N–H and O–H groups in total. The van der Waals surface area contributed by atoms with Crippen molar-refractivity contribution in [2.75, 3.05) is 13.1 Å². The average molecular weight is 343 g/mol. The summed E-state index contributed by atoms with van der Waals surface area (Å²) >= 11 is 0. The number of carboxylic acids is 1. The van der Waals surface area contributed by atoms with Crippen LogP contribution < -0.4 is 5.56 Å². The molecule has 1 fully saturated rings. The van der Waals surface area contributed by atoms with Crippen molar-refractivity contribution in [2.24, 2.45) is 11.8 Å². The van der Waals surface area contributed by atoms with Gasteiger partial charge in [0.1, 0.15) is 0 Å². The quantitative estimate of drug-likeness (QED) is 0.910. The fourth-order valence-corrected chi connectivity index (χ4v) is 3.16. The molecule has 7 heteroatoms. The average Bonchev–Trinajstić information content (AvgIpc) is 3.07. The monoisotopic (exact) mass is 343 g/mol. The summed E-state index contributed by atoms with van der Waals surface area (Å²) in [6.07, 6.45) is 0.435. The number of hydrogen-bond donors (Lipinski definition) is 1. The molecule has 1 saturated heterocycles. The summed E-state index contributed by atoms with van der Waals surface area (Å²) in [5, 5.41) is 14.4. The van der Waals surface area contributed by atoms with Gasteiger partial charge in [0.2, 0.25) is 0 Å². The lowest BCUT2D eigenvalue weighted by molar-refractivity contribution is -0.141. The van der Waals surface area contributed by atoms with Crippen LogP contribution in [-0.2, 0) is 11.3 Å². The second-order valence-corrected chi connectivity index (χ2v) is 6.85. The van der Waals surface area contributed by atoms with Crippen LogP contribution >= 0.6 is 0 Å². The Morgan fingerprint density at radius 3 is 2.56 bits per heavy atom. The molecule has 0 aliphatic carbocycles. The van der Waals surface area contributed by atoms with E-state index >= 15 is 0 Å². The molecule has 1 aliphatic rings. The van der Waals surface area contributed by atoms with Crippen LogP contribution in [0.1, 0.15) is 30.8 Å².